The third-order valence-electron chi connectivity index (χ3n) is 3.70. The fraction of sp³-hybridized carbons (Fsp3) is 0.818. The van der Waals surface area contributed by atoms with Crippen molar-refractivity contribution in [2.75, 3.05) is 26.3 Å². The summed E-state index contributed by atoms with van der Waals surface area (Å²) in [7, 11) is 0. The summed E-state index contributed by atoms with van der Waals surface area (Å²) in [6, 6.07) is 0. The van der Waals surface area contributed by atoms with Crippen LogP contribution in [-0.4, -0.2) is 48.8 Å². The molecule has 0 spiro atoms. The Bertz CT molecular complexity index is 330. The number of carbonyl (C=O) groups is 2. The molecule has 2 rings (SSSR count). The molecule has 2 fully saturated rings. The number of ether oxygens (including phenoxy) is 1. The molecule has 6 nitrogen and oxygen atoms in total. The minimum absolute atomic E-state index is 0.0532. The van der Waals surface area contributed by atoms with E-state index in [2.05, 4.69) is 10.6 Å². The first kappa shape index (κ1) is 12.3. The van der Waals surface area contributed by atoms with Crippen LogP contribution in [0.4, 0.5) is 0 Å². The van der Waals surface area contributed by atoms with E-state index in [0.717, 1.165) is 13.0 Å². The monoisotopic (exact) mass is 242 g/mol. The molecule has 2 aliphatic heterocycles. The highest BCUT2D eigenvalue weighted by Gasteiger charge is 2.47. The SMILES string of the molecule is CC1(C(=O)NC2(C(=O)O)CCOC2)CCNC1. The van der Waals surface area contributed by atoms with Crippen LogP contribution in [0.1, 0.15) is 19.8 Å². The van der Waals surface area contributed by atoms with Crippen molar-refractivity contribution in [2.24, 2.45) is 5.41 Å². The number of rotatable bonds is 3. The topological polar surface area (TPSA) is 87.7 Å². The van der Waals surface area contributed by atoms with Crippen molar-refractivity contribution >= 4 is 11.9 Å². The maximum Gasteiger partial charge on any atom is 0.331 e. The van der Waals surface area contributed by atoms with Gasteiger partial charge in [-0.1, -0.05) is 0 Å². The number of hydrogen-bond acceptors (Lipinski definition) is 4. The first-order valence-electron chi connectivity index (χ1n) is 5.83. The third-order valence-corrected chi connectivity index (χ3v) is 3.70. The van der Waals surface area contributed by atoms with Crippen LogP contribution in [0.3, 0.4) is 0 Å². The molecular weight excluding hydrogens is 224 g/mol. The van der Waals surface area contributed by atoms with E-state index in [0.29, 0.717) is 19.6 Å². The molecular formula is C11H18N2O4. The molecule has 0 radical (unpaired) electrons. The Kier molecular flexibility index (Phi) is 3.09. The van der Waals surface area contributed by atoms with Crippen LogP contribution < -0.4 is 10.6 Å². The van der Waals surface area contributed by atoms with E-state index in [1.165, 1.54) is 0 Å². The van der Waals surface area contributed by atoms with Crippen LogP contribution >= 0.6 is 0 Å². The van der Waals surface area contributed by atoms with E-state index < -0.39 is 16.9 Å². The van der Waals surface area contributed by atoms with Crippen LogP contribution in [0.5, 0.6) is 0 Å². The van der Waals surface area contributed by atoms with Crippen LogP contribution in [0.2, 0.25) is 0 Å². The fourth-order valence-electron chi connectivity index (χ4n) is 2.26. The Labute approximate surface area is 99.7 Å². The predicted molar refractivity (Wildman–Crippen MR) is 59.5 cm³/mol. The molecule has 2 aliphatic rings. The summed E-state index contributed by atoms with van der Waals surface area (Å²) in [5, 5.41) is 15.0. The lowest BCUT2D eigenvalue weighted by Gasteiger charge is -2.29. The fourth-order valence-corrected chi connectivity index (χ4v) is 2.26. The van der Waals surface area contributed by atoms with E-state index in [4.69, 9.17) is 4.74 Å². The lowest BCUT2D eigenvalue weighted by Crippen LogP contribution is -2.58. The molecule has 0 aliphatic carbocycles. The van der Waals surface area contributed by atoms with Crippen LogP contribution in [0, 0.1) is 5.41 Å². The summed E-state index contributed by atoms with van der Waals surface area (Å²) in [4.78, 5) is 23.4. The number of carboxylic acid groups (broad SMARTS) is 1. The molecule has 2 saturated heterocycles. The van der Waals surface area contributed by atoms with E-state index >= 15 is 0 Å². The zero-order valence-electron chi connectivity index (χ0n) is 9.91. The molecule has 17 heavy (non-hydrogen) atoms. The Hall–Kier alpha value is -1.14. The first-order valence-corrected chi connectivity index (χ1v) is 5.83. The summed E-state index contributed by atoms with van der Waals surface area (Å²) in [5.74, 6) is -1.21. The van der Waals surface area contributed by atoms with Crippen molar-refractivity contribution in [2.45, 2.75) is 25.3 Å². The lowest BCUT2D eigenvalue weighted by molar-refractivity contribution is -0.149. The zero-order chi connectivity index (χ0) is 12.5. The largest absolute Gasteiger partial charge is 0.479 e. The highest BCUT2D eigenvalue weighted by molar-refractivity contribution is 5.90. The maximum absolute atomic E-state index is 12.2. The van der Waals surface area contributed by atoms with Gasteiger partial charge in [0.2, 0.25) is 5.91 Å². The van der Waals surface area contributed by atoms with Crippen molar-refractivity contribution in [1.29, 1.82) is 0 Å². The second-order valence-electron chi connectivity index (χ2n) is 5.13. The van der Waals surface area contributed by atoms with E-state index in [-0.39, 0.29) is 12.5 Å². The van der Waals surface area contributed by atoms with Gasteiger partial charge in [-0.05, 0) is 19.9 Å². The van der Waals surface area contributed by atoms with Gasteiger partial charge in [-0.25, -0.2) is 4.79 Å². The molecule has 1 amide bonds. The van der Waals surface area contributed by atoms with Gasteiger partial charge in [0, 0.05) is 19.6 Å². The van der Waals surface area contributed by atoms with Gasteiger partial charge in [-0.2, -0.15) is 0 Å². The molecule has 0 aromatic rings. The summed E-state index contributed by atoms with van der Waals surface area (Å²) < 4.78 is 5.11. The van der Waals surface area contributed by atoms with Crippen molar-refractivity contribution in [1.82, 2.24) is 10.6 Å². The molecule has 6 heteroatoms. The van der Waals surface area contributed by atoms with Crippen molar-refractivity contribution < 1.29 is 19.4 Å². The normalized spacial score (nSPS) is 37.0. The number of carboxylic acids is 1. The van der Waals surface area contributed by atoms with Crippen LogP contribution in [-0.2, 0) is 14.3 Å². The van der Waals surface area contributed by atoms with Gasteiger partial charge >= 0.3 is 5.97 Å². The average Bonchev–Trinajstić information content (AvgIpc) is 2.88. The van der Waals surface area contributed by atoms with E-state index in [1.807, 2.05) is 6.92 Å². The van der Waals surface area contributed by atoms with Crippen LogP contribution in [0.15, 0.2) is 0 Å². The molecule has 96 valence electrons. The smallest absolute Gasteiger partial charge is 0.331 e. The van der Waals surface area contributed by atoms with Gasteiger partial charge in [-0.3, -0.25) is 4.79 Å². The number of carbonyl (C=O) groups excluding carboxylic acids is 1. The molecule has 3 N–H and O–H groups in total. The van der Waals surface area contributed by atoms with Crippen molar-refractivity contribution in [3.8, 4) is 0 Å². The second kappa shape index (κ2) is 4.27. The highest BCUT2D eigenvalue weighted by atomic mass is 16.5. The van der Waals surface area contributed by atoms with Gasteiger partial charge in [0.1, 0.15) is 0 Å². The van der Waals surface area contributed by atoms with Gasteiger partial charge in [0.15, 0.2) is 5.54 Å². The van der Waals surface area contributed by atoms with Crippen LogP contribution in [0.25, 0.3) is 0 Å². The molecule has 0 bridgehead atoms. The summed E-state index contributed by atoms with van der Waals surface area (Å²) >= 11 is 0. The molecule has 0 saturated carbocycles. The number of amides is 1. The number of hydrogen-bond donors (Lipinski definition) is 3. The minimum Gasteiger partial charge on any atom is -0.479 e. The van der Waals surface area contributed by atoms with Crippen molar-refractivity contribution in [3.05, 3.63) is 0 Å². The summed E-state index contributed by atoms with van der Waals surface area (Å²) in [6.45, 7) is 3.67. The quantitative estimate of drug-likeness (QED) is 0.612. The summed E-state index contributed by atoms with van der Waals surface area (Å²) in [6.07, 6.45) is 1.06. The average molecular weight is 242 g/mol. The highest BCUT2D eigenvalue weighted by Crippen LogP contribution is 2.27. The van der Waals surface area contributed by atoms with Crippen molar-refractivity contribution in [3.63, 3.8) is 0 Å². The standard InChI is InChI=1S/C11H18N2O4/c1-10(2-4-12-6-10)8(14)13-11(9(15)16)3-5-17-7-11/h12H,2-7H2,1H3,(H,13,14)(H,15,16). The molecule has 2 heterocycles. The van der Waals surface area contributed by atoms with Gasteiger partial charge in [0.05, 0.1) is 12.0 Å². The maximum atomic E-state index is 12.2. The molecule has 0 aromatic carbocycles. The lowest BCUT2D eigenvalue weighted by atomic mass is 9.86. The Morgan fingerprint density at radius 3 is 2.65 bits per heavy atom. The second-order valence-corrected chi connectivity index (χ2v) is 5.13. The van der Waals surface area contributed by atoms with E-state index in [1.54, 1.807) is 0 Å². The summed E-state index contributed by atoms with van der Waals surface area (Å²) in [5.41, 5.74) is -1.74. The number of aliphatic carboxylic acids is 1. The minimum atomic E-state index is -1.23. The Morgan fingerprint density at radius 2 is 2.18 bits per heavy atom. The molecule has 0 aromatic heterocycles. The Balaban J connectivity index is 2.08. The molecule has 2 atom stereocenters. The van der Waals surface area contributed by atoms with Gasteiger partial charge in [0.25, 0.3) is 0 Å². The predicted octanol–water partition coefficient (Wildman–Crippen LogP) is -0.654. The Morgan fingerprint density at radius 1 is 1.41 bits per heavy atom. The van der Waals surface area contributed by atoms with Gasteiger partial charge < -0.3 is 20.5 Å². The first-order chi connectivity index (χ1) is 7.99. The molecule has 2 unspecified atom stereocenters. The zero-order valence-corrected chi connectivity index (χ0v) is 9.91. The third kappa shape index (κ3) is 2.14. The van der Waals surface area contributed by atoms with E-state index in [9.17, 15) is 14.7 Å². The number of nitrogens with one attached hydrogen (secondary N) is 2. The van der Waals surface area contributed by atoms with Gasteiger partial charge in [-0.15, -0.1) is 0 Å².